The SMILES string of the molecule is CSCC[C@H](N)C(=O)NC1CC(=O)N(C2CC2)C1.Cl. The minimum absolute atomic E-state index is 0. The predicted octanol–water partition coefficient (Wildman–Crippen LogP) is 0.368. The van der Waals surface area contributed by atoms with Crippen molar-refractivity contribution in [3.8, 4) is 0 Å². The Labute approximate surface area is 124 Å². The average molecular weight is 308 g/mol. The van der Waals surface area contributed by atoms with Crippen LogP contribution in [0.2, 0.25) is 0 Å². The fourth-order valence-electron chi connectivity index (χ4n) is 2.25. The summed E-state index contributed by atoms with van der Waals surface area (Å²) < 4.78 is 0. The lowest BCUT2D eigenvalue weighted by atomic mass is 10.2. The molecule has 3 N–H and O–H groups in total. The number of likely N-dealkylation sites (tertiary alicyclic amines) is 1. The van der Waals surface area contributed by atoms with Gasteiger partial charge in [-0.3, -0.25) is 9.59 Å². The maximum atomic E-state index is 11.8. The quantitative estimate of drug-likeness (QED) is 0.743. The van der Waals surface area contributed by atoms with Gasteiger partial charge in [-0.1, -0.05) is 0 Å². The summed E-state index contributed by atoms with van der Waals surface area (Å²) in [6.07, 6.45) is 5.32. The zero-order valence-corrected chi connectivity index (χ0v) is 12.8. The summed E-state index contributed by atoms with van der Waals surface area (Å²) in [5.41, 5.74) is 5.80. The van der Waals surface area contributed by atoms with Gasteiger partial charge in [0.1, 0.15) is 0 Å². The van der Waals surface area contributed by atoms with Gasteiger partial charge in [0.2, 0.25) is 11.8 Å². The Hall–Kier alpha value is -0.460. The standard InChI is InChI=1S/C12H21N3O2S.ClH/c1-18-5-4-10(13)12(17)14-8-6-11(16)15(7-8)9-2-3-9;/h8-10H,2-7,13H2,1H3,(H,14,17);1H/t8?,10-;/m0./s1. The molecule has 1 saturated carbocycles. The molecule has 2 rings (SSSR count). The van der Waals surface area contributed by atoms with Crippen molar-refractivity contribution in [2.24, 2.45) is 5.73 Å². The molecule has 0 radical (unpaired) electrons. The molecule has 0 spiro atoms. The number of hydrogen-bond donors (Lipinski definition) is 2. The molecule has 1 unspecified atom stereocenters. The van der Waals surface area contributed by atoms with E-state index in [1.165, 1.54) is 0 Å². The maximum absolute atomic E-state index is 11.8. The highest BCUT2D eigenvalue weighted by Gasteiger charge is 2.39. The van der Waals surface area contributed by atoms with Crippen molar-refractivity contribution in [1.82, 2.24) is 10.2 Å². The molecular weight excluding hydrogens is 286 g/mol. The second-order valence-corrected chi connectivity index (χ2v) is 6.06. The number of rotatable bonds is 6. The van der Waals surface area contributed by atoms with Crippen LogP contribution in [0.25, 0.3) is 0 Å². The first kappa shape index (κ1) is 16.6. The highest BCUT2D eigenvalue weighted by Crippen LogP contribution is 2.30. The molecular formula is C12H22ClN3O2S. The summed E-state index contributed by atoms with van der Waals surface area (Å²) in [6.45, 7) is 0.657. The molecule has 1 aliphatic carbocycles. The molecule has 7 heteroatoms. The minimum atomic E-state index is -0.456. The molecule has 19 heavy (non-hydrogen) atoms. The van der Waals surface area contributed by atoms with E-state index in [0.29, 0.717) is 25.4 Å². The van der Waals surface area contributed by atoms with Crippen molar-refractivity contribution >= 4 is 36.0 Å². The predicted molar refractivity (Wildman–Crippen MR) is 79.5 cm³/mol. The summed E-state index contributed by atoms with van der Waals surface area (Å²) in [6, 6.07) is -0.0713. The summed E-state index contributed by atoms with van der Waals surface area (Å²) in [5.74, 6) is 0.923. The van der Waals surface area contributed by atoms with Crippen molar-refractivity contribution < 1.29 is 9.59 Å². The molecule has 0 aromatic carbocycles. The van der Waals surface area contributed by atoms with E-state index in [0.717, 1.165) is 18.6 Å². The molecule has 1 saturated heterocycles. The molecule has 0 aromatic heterocycles. The van der Waals surface area contributed by atoms with Crippen LogP contribution in [0, 0.1) is 0 Å². The molecule has 1 heterocycles. The van der Waals surface area contributed by atoms with Crippen LogP contribution in [0.1, 0.15) is 25.7 Å². The van der Waals surface area contributed by atoms with E-state index in [-0.39, 0.29) is 30.3 Å². The van der Waals surface area contributed by atoms with E-state index in [1.54, 1.807) is 11.8 Å². The first-order valence-electron chi connectivity index (χ1n) is 6.46. The van der Waals surface area contributed by atoms with Gasteiger partial charge in [-0.15, -0.1) is 12.4 Å². The second-order valence-electron chi connectivity index (χ2n) is 5.07. The van der Waals surface area contributed by atoms with Gasteiger partial charge in [-0.05, 0) is 31.3 Å². The second kappa shape index (κ2) is 7.36. The smallest absolute Gasteiger partial charge is 0.237 e. The third-order valence-corrected chi connectivity index (χ3v) is 4.11. The van der Waals surface area contributed by atoms with Gasteiger partial charge in [-0.2, -0.15) is 11.8 Å². The Balaban J connectivity index is 0.00000180. The monoisotopic (exact) mass is 307 g/mol. The van der Waals surface area contributed by atoms with E-state index >= 15 is 0 Å². The van der Waals surface area contributed by atoms with Crippen LogP contribution in [0.3, 0.4) is 0 Å². The number of hydrogen-bond acceptors (Lipinski definition) is 4. The highest BCUT2D eigenvalue weighted by atomic mass is 35.5. The number of amides is 2. The van der Waals surface area contributed by atoms with E-state index in [2.05, 4.69) is 5.32 Å². The summed E-state index contributed by atoms with van der Waals surface area (Å²) in [7, 11) is 0. The Morgan fingerprint density at radius 1 is 1.58 bits per heavy atom. The fraction of sp³-hybridized carbons (Fsp3) is 0.833. The number of nitrogens with zero attached hydrogens (tertiary/aromatic N) is 1. The molecule has 2 atom stereocenters. The van der Waals surface area contributed by atoms with E-state index < -0.39 is 6.04 Å². The van der Waals surface area contributed by atoms with Gasteiger partial charge in [0, 0.05) is 19.0 Å². The minimum Gasteiger partial charge on any atom is -0.350 e. The molecule has 0 bridgehead atoms. The Bertz CT molecular complexity index is 339. The molecule has 110 valence electrons. The maximum Gasteiger partial charge on any atom is 0.237 e. The van der Waals surface area contributed by atoms with Crippen molar-refractivity contribution in [1.29, 1.82) is 0 Å². The van der Waals surface area contributed by atoms with Gasteiger partial charge in [0.15, 0.2) is 0 Å². The van der Waals surface area contributed by atoms with Crippen LogP contribution in [-0.4, -0.2) is 53.4 Å². The summed E-state index contributed by atoms with van der Waals surface area (Å²) in [4.78, 5) is 25.5. The van der Waals surface area contributed by atoms with E-state index in [1.807, 2.05) is 11.2 Å². The van der Waals surface area contributed by atoms with Crippen molar-refractivity contribution in [2.75, 3.05) is 18.6 Å². The molecule has 2 fully saturated rings. The van der Waals surface area contributed by atoms with Gasteiger partial charge in [0.05, 0.1) is 12.1 Å². The first-order valence-corrected chi connectivity index (χ1v) is 7.85. The van der Waals surface area contributed by atoms with Crippen molar-refractivity contribution in [2.45, 2.75) is 43.8 Å². The lowest BCUT2D eigenvalue weighted by molar-refractivity contribution is -0.128. The summed E-state index contributed by atoms with van der Waals surface area (Å²) >= 11 is 1.68. The topological polar surface area (TPSA) is 75.4 Å². The molecule has 2 aliphatic rings. The lowest BCUT2D eigenvalue weighted by Crippen LogP contribution is -2.46. The van der Waals surface area contributed by atoms with Gasteiger partial charge < -0.3 is 16.0 Å². The summed E-state index contributed by atoms with van der Waals surface area (Å²) in [5, 5.41) is 2.89. The third-order valence-electron chi connectivity index (χ3n) is 3.46. The number of nitrogens with two attached hydrogens (primary N) is 1. The van der Waals surface area contributed by atoms with Crippen molar-refractivity contribution in [3.05, 3.63) is 0 Å². The zero-order valence-electron chi connectivity index (χ0n) is 11.1. The highest BCUT2D eigenvalue weighted by molar-refractivity contribution is 7.98. The Morgan fingerprint density at radius 2 is 2.26 bits per heavy atom. The number of carbonyl (C=O) groups is 2. The first-order chi connectivity index (χ1) is 8.61. The van der Waals surface area contributed by atoms with E-state index in [4.69, 9.17) is 5.73 Å². The van der Waals surface area contributed by atoms with Crippen LogP contribution in [0.4, 0.5) is 0 Å². The third kappa shape index (κ3) is 4.54. The number of nitrogens with one attached hydrogen (secondary N) is 1. The van der Waals surface area contributed by atoms with Gasteiger partial charge in [-0.25, -0.2) is 0 Å². The van der Waals surface area contributed by atoms with Crippen LogP contribution in [0.15, 0.2) is 0 Å². The largest absolute Gasteiger partial charge is 0.350 e. The van der Waals surface area contributed by atoms with E-state index in [9.17, 15) is 9.59 Å². The molecule has 1 aliphatic heterocycles. The number of thioether (sulfide) groups is 1. The fourth-order valence-corrected chi connectivity index (χ4v) is 2.74. The number of carbonyl (C=O) groups excluding carboxylic acids is 2. The Kier molecular flexibility index (Phi) is 6.42. The number of halogens is 1. The van der Waals surface area contributed by atoms with Crippen molar-refractivity contribution in [3.63, 3.8) is 0 Å². The Morgan fingerprint density at radius 3 is 2.84 bits per heavy atom. The molecule has 2 amide bonds. The molecule has 0 aromatic rings. The van der Waals surface area contributed by atoms with Crippen LogP contribution in [-0.2, 0) is 9.59 Å². The molecule has 5 nitrogen and oxygen atoms in total. The van der Waals surface area contributed by atoms with Crippen LogP contribution in [0.5, 0.6) is 0 Å². The lowest BCUT2D eigenvalue weighted by Gasteiger charge is -2.18. The van der Waals surface area contributed by atoms with Gasteiger partial charge >= 0.3 is 0 Å². The van der Waals surface area contributed by atoms with Gasteiger partial charge in [0.25, 0.3) is 0 Å². The average Bonchev–Trinajstić information content (AvgIpc) is 3.11. The van der Waals surface area contributed by atoms with Crippen LogP contribution >= 0.6 is 24.2 Å². The normalized spacial score (nSPS) is 24.0. The zero-order chi connectivity index (χ0) is 13.1. The van der Waals surface area contributed by atoms with Crippen LogP contribution < -0.4 is 11.1 Å².